The number of rotatable bonds is 4. The van der Waals surface area contributed by atoms with Crippen LogP contribution in [0.2, 0.25) is 0 Å². The summed E-state index contributed by atoms with van der Waals surface area (Å²) < 4.78 is 0.989. The normalized spacial score (nSPS) is 17.7. The van der Waals surface area contributed by atoms with E-state index in [1.165, 1.54) is 41.5 Å². The molecule has 0 unspecified atom stereocenters. The van der Waals surface area contributed by atoms with Crippen LogP contribution in [0.3, 0.4) is 0 Å². The number of aromatic nitrogens is 2. The topological polar surface area (TPSA) is 49.3 Å². The first kappa shape index (κ1) is 22.8. The van der Waals surface area contributed by atoms with Gasteiger partial charge in [-0.25, -0.2) is 9.97 Å². The van der Waals surface area contributed by atoms with Gasteiger partial charge in [0.05, 0.1) is 5.39 Å². The Labute approximate surface area is 208 Å². The largest absolute Gasteiger partial charge is 0.352 e. The van der Waals surface area contributed by atoms with Crippen molar-refractivity contribution in [2.75, 3.05) is 31.1 Å². The number of hydrogen-bond acceptors (Lipinski definition) is 5. The van der Waals surface area contributed by atoms with Crippen LogP contribution in [0.4, 0.5) is 5.82 Å². The number of thiophene rings is 1. The van der Waals surface area contributed by atoms with Crippen molar-refractivity contribution in [3.63, 3.8) is 0 Å². The number of anilines is 1. The third-order valence-corrected chi connectivity index (χ3v) is 8.79. The van der Waals surface area contributed by atoms with Gasteiger partial charge in [0, 0.05) is 47.0 Å². The van der Waals surface area contributed by atoms with E-state index in [2.05, 4.69) is 34.7 Å². The van der Waals surface area contributed by atoms with Crippen molar-refractivity contribution < 1.29 is 4.79 Å². The lowest BCUT2D eigenvalue weighted by atomic mass is 10.1. The van der Waals surface area contributed by atoms with Crippen LogP contribution in [0.1, 0.15) is 72.1 Å². The van der Waals surface area contributed by atoms with Gasteiger partial charge in [0.15, 0.2) is 0 Å². The molecule has 0 bridgehead atoms. The first-order valence-corrected chi connectivity index (χ1v) is 13.8. The molecule has 2 aromatic heterocycles. The standard InChI is InChI=1S/C26H31BrN4OS/c1-3-17(2)23-28-24(22-20-7-5-4-6-8-21(20)33-25(22)29-23)30-13-15-31(16-14-30)26(32)18-9-11-19(27)12-10-18/h9-12,17H,3-8,13-16H2,1-2H3/t17-/m0/s1. The molecule has 1 aliphatic carbocycles. The first-order valence-electron chi connectivity index (χ1n) is 12.2. The van der Waals surface area contributed by atoms with E-state index in [0.717, 1.165) is 52.4 Å². The fraction of sp³-hybridized carbons (Fsp3) is 0.500. The average molecular weight is 528 g/mol. The van der Waals surface area contributed by atoms with Crippen molar-refractivity contribution in [3.05, 3.63) is 50.6 Å². The number of halogens is 1. The van der Waals surface area contributed by atoms with Crippen molar-refractivity contribution >= 4 is 49.2 Å². The Morgan fingerprint density at radius 3 is 2.52 bits per heavy atom. The number of fused-ring (bicyclic) bond motifs is 3. The Kier molecular flexibility index (Phi) is 6.70. The molecule has 5 nitrogen and oxygen atoms in total. The molecule has 0 radical (unpaired) electrons. The van der Waals surface area contributed by atoms with E-state index in [1.807, 2.05) is 40.5 Å². The Bertz CT molecular complexity index is 1150. The summed E-state index contributed by atoms with van der Waals surface area (Å²) in [6.45, 7) is 7.46. The molecule has 1 amide bonds. The molecule has 0 saturated carbocycles. The SMILES string of the molecule is CC[C@H](C)c1nc(N2CCN(C(=O)c3ccc(Br)cc3)CC2)c2c3c(sc2n1)CCCCC3. The maximum atomic E-state index is 13.0. The van der Waals surface area contributed by atoms with E-state index in [-0.39, 0.29) is 5.91 Å². The summed E-state index contributed by atoms with van der Waals surface area (Å²) in [6.07, 6.45) is 7.17. The van der Waals surface area contributed by atoms with Crippen LogP contribution in [0.25, 0.3) is 10.2 Å². The van der Waals surface area contributed by atoms with Gasteiger partial charge in [0.25, 0.3) is 5.91 Å². The van der Waals surface area contributed by atoms with Gasteiger partial charge in [0.2, 0.25) is 0 Å². The predicted octanol–water partition coefficient (Wildman–Crippen LogP) is 6.20. The maximum absolute atomic E-state index is 13.0. The second-order valence-corrected chi connectivity index (χ2v) is 11.2. The minimum Gasteiger partial charge on any atom is -0.352 e. The Morgan fingerprint density at radius 1 is 1.06 bits per heavy atom. The second kappa shape index (κ2) is 9.71. The van der Waals surface area contributed by atoms with Crippen LogP contribution in [-0.2, 0) is 12.8 Å². The average Bonchev–Trinajstić information content (AvgIpc) is 3.03. The number of aryl methyl sites for hydroxylation is 2. The highest BCUT2D eigenvalue weighted by molar-refractivity contribution is 9.10. The molecule has 1 aliphatic heterocycles. The van der Waals surface area contributed by atoms with Crippen LogP contribution in [0.5, 0.6) is 0 Å². The predicted molar refractivity (Wildman–Crippen MR) is 140 cm³/mol. The van der Waals surface area contributed by atoms with E-state index in [9.17, 15) is 4.79 Å². The van der Waals surface area contributed by atoms with E-state index in [0.29, 0.717) is 19.0 Å². The molecular formula is C26H31BrN4OS. The number of carbonyl (C=O) groups is 1. The van der Waals surface area contributed by atoms with Crippen LogP contribution < -0.4 is 4.90 Å². The van der Waals surface area contributed by atoms with Gasteiger partial charge in [-0.15, -0.1) is 11.3 Å². The lowest BCUT2D eigenvalue weighted by Gasteiger charge is -2.36. The summed E-state index contributed by atoms with van der Waals surface area (Å²) in [4.78, 5) is 30.3. The van der Waals surface area contributed by atoms with Gasteiger partial charge in [-0.05, 0) is 61.9 Å². The molecule has 1 atom stereocenters. The molecule has 1 fully saturated rings. The maximum Gasteiger partial charge on any atom is 0.253 e. The Morgan fingerprint density at radius 2 is 1.79 bits per heavy atom. The van der Waals surface area contributed by atoms with Crippen LogP contribution in [0.15, 0.2) is 28.7 Å². The minimum atomic E-state index is 0.111. The first-order chi connectivity index (χ1) is 16.0. The van der Waals surface area contributed by atoms with Crippen molar-refractivity contribution in [1.29, 1.82) is 0 Å². The highest BCUT2D eigenvalue weighted by atomic mass is 79.9. The van der Waals surface area contributed by atoms with E-state index < -0.39 is 0 Å². The number of carbonyl (C=O) groups excluding carboxylic acids is 1. The Balaban J connectivity index is 1.44. The molecular weight excluding hydrogens is 496 g/mol. The lowest BCUT2D eigenvalue weighted by molar-refractivity contribution is 0.0746. The van der Waals surface area contributed by atoms with Crippen LogP contribution in [0, 0.1) is 0 Å². The van der Waals surface area contributed by atoms with Crippen molar-refractivity contribution in [1.82, 2.24) is 14.9 Å². The van der Waals surface area contributed by atoms with E-state index in [4.69, 9.17) is 9.97 Å². The van der Waals surface area contributed by atoms with Gasteiger partial charge in [-0.3, -0.25) is 4.79 Å². The van der Waals surface area contributed by atoms with Gasteiger partial charge in [0.1, 0.15) is 16.5 Å². The Hall–Kier alpha value is -1.99. The summed E-state index contributed by atoms with van der Waals surface area (Å²) >= 11 is 5.34. The molecule has 7 heteroatoms. The fourth-order valence-electron chi connectivity index (χ4n) is 4.86. The van der Waals surface area contributed by atoms with Gasteiger partial charge < -0.3 is 9.80 Å². The van der Waals surface area contributed by atoms with Gasteiger partial charge in [-0.1, -0.05) is 36.2 Å². The second-order valence-electron chi connectivity index (χ2n) is 9.25. The molecule has 33 heavy (non-hydrogen) atoms. The number of piperazine rings is 1. The molecule has 174 valence electrons. The highest BCUT2D eigenvalue weighted by Crippen LogP contribution is 2.40. The van der Waals surface area contributed by atoms with Gasteiger partial charge >= 0.3 is 0 Å². The molecule has 1 aromatic carbocycles. The number of benzene rings is 1. The van der Waals surface area contributed by atoms with Crippen LogP contribution in [-0.4, -0.2) is 47.0 Å². The zero-order chi connectivity index (χ0) is 22.9. The molecule has 5 rings (SSSR count). The van der Waals surface area contributed by atoms with E-state index in [1.54, 1.807) is 0 Å². The third kappa shape index (κ3) is 4.54. The quantitative estimate of drug-likeness (QED) is 0.379. The van der Waals surface area contributed by atoms with Crippen molar-refractivity contribution in [2.24, 2.45) is 0 Å². The molecule has 0 N–H and O–H groups in total. The molecule has 0 spiro atoms. The molecule has 2 aliphatic rings. The van der Waals surface area contributed by atoms with E-state index >= 15 is 0 Å². The molecule has 1 saturated heterocycles. The monoisotopic (exact) mass is 526 g/mol. The summed E-state index contributed by atoms with van der Waals surface area (Å²) in [5, 5.41) is 1.29. The zero-order valence-corrected chi connectivity index (χ0v) is 21.8. The van der Waals surface area contributed by atoms with Gasteiger partial charge in [-0.2, -0.15) is 0 Å². The van der Waals surface area contributed by atoms with Crippen LogP contribution >= 0.6 is 27.3 Å². The third-order valence-electron chi connectivity index (χ3n) is 7.07. The smallest absolute Gasteiger partial charge is 0.253 e. The zero-order valence-electron chi connectivity index (χ0n) is 19.4. The van der Waals surface area contributed by atoms with Crippen molar-refractivity contribution in [2.45, 2.75) is 58.3 Å². The highest BCUT2D eigenvalue weighted by Gasteiger charge is 2.28. The summed E-state index contributed by atoms with van der Waals surface area (Å²) in [6, 6.07) is 7.65. The lowest BCUT2D eigenvalue weighted by Crippen LogP contribution is -2.49. The molecule has 3 aromatic rings. The minimum absolute atomic E-state index is 0.111. The number of amides is 1. The summed E-state index contributed by atoms with van der Waals surface area (Å²) in [5.74, 6) is 2.52. The molecule has 3 heterocycles. The fourth-order valence-corrected chi connectivity index (χ4v) is 6.39. The van der Waals surface area contributed by atoms with Crippen molar-refractivity contribution in [3.8, 4) is 0 Å². The summed E-state index contributed by atoms with van der Waals surface area (Å²) in [5.41, 5.74) is 2.24. The number of nitrogens with zero attached hydrogens (tertiary/aromatic N) is 4. The summed E-state index contributed by atoms with van der Waals surface area (Å²) in [7, 11) is 0. The number of hydrogen-bond donors (Lipinski definition) is 0.